The summed E-state index contributed by atoms with van der Waals surface area (Å²) in [5.41, 5.74) is 1.74. The zero-order valence-corrected chi connectivity index (χ0v) is 17.2. The molecule has 0 radical (unpaired) electrons. The first kappa shape index (κ1) is 22.8. The van der Waals surface area contributed by atoms with E-state index in [4.69, 9.17) is 9.47 Å². The lowest BCUT2D eigenvalue weighted by Gasteiger charge is -2.28. The Bertz CT molecular complexity index is 802. The number of ether oxygens (including phenoxy) is 2. The van der Waals surface area contributed by atoms with E-state index in [1.807, 2.05) is 0 Å². The van der Waals surface area contributed by atoms with E-state index in [-0.39, 0.29) is 24.4 Å². The average Bonchev–Trinajstić information content (AvgIpc) is 2.90. The second-order valence-corrected chi connectivity index (χ2v) is 7.64. The lowest BCUT2D eigenvalue weighted by Crippen LogP contribution is -2.34. The van der Waals surface area contributed by atoms with Gasteiger partial charge in [0.15, 0.2) is 5.78 Å². The minimum absolute atomic E-state index is 0.0250. The lowest BCUT2D eigenvalue weighted by molar-refractivity contribution is -0.140. The van der Waals surface area contributed by atoms with Crippen LogP contribution in [0.2, 0.25) is 0 Å². The number of rotatable bonds is 4. The molecule has 5 atom stereocenters. The fourth-order valence-electron chi connectivity index (χ4n) is 3.70. The fourth-order valence-corrected chi connectivity index (χ4v) is 3.70. The van der Waals surface area contributed by atoms with Crippen molar-refractivity contribution in [3.8, 4) is 0 Å². The SMILES string of the molecule is C=C1C(=O)O[C@@H]2/C=C(/C)C(O)[C@H](O)/C=C(/C)CC(C(=O)/C(C)=C/COC(C)=O)[C@@H]12. The van der Waals surface area contributed by atoms with E-state index in [9.17, 15) is 24.6 Å². The van der Waals surface area contributed by atoms with Crippen molar-refractivity contribution in [2.45, 2.75) is 52.4 Å². The van der Waals surface area contributed by atoms with Crippen LogP contribution in [0.15, 0.2) is 47.1 Å². The molecule has 1 heterocycles. The van der Waals surface area contributed by atoms with Crippen molar-refractivity contribution in [1.29, 1.82) is 0 Å². The zero-order chi connectivity index (χ0) is 21.9. The van der Waals surface area contributed by atoms with Crippen molar-refractivity contribution in [1.82, 2.24) is 0 Å². The fraction of sp³-hybridized carbons (Fsp3) is 0.500. The third kappa shape index (κ3) is 5.31. The highest BCUT2D eigenvalue weighted by Crippen LogP contribution is 2.39. The van der Waals surface area contributed by atoms with E-state index < -0.39 is 42.1 Å². The van der Waals surface area contributed by atoms with Crippen molar-refractivity contribution >= 4 is 17.7 Å². The molecule has 158 valence electrons. The number of esters is 2. The van der Waals surface area contributed by atoms with Crippen LogP contribution in [0.5, 0.6) is 0 Å². The molecular weight excluding hydrogens is 376 g/mol. The number of allylic oxidation sites excluding steroid dienone is 2. The maximum atomic E-state index is 13.2. The van der Waals surface area contributed by atoms with Crippen LogP contribution in [0.1, 0.15) is 34.1 Å². The van der Waals surface area contributed by atoms with Crippen molar-refractivity contribution in [3.05, 3.63) is 47.1 Å². The number of carbonyl (C=O) groups is 3. The molecule has 2 unspecified atom stereocenters. The van der Waals surface area contributed by atoms with Gasteiger partial charge < -0.3 is 19.7 Å². The number of hydrogen-bond donors (Lipinski definition) is 2. The van der Waals surface area contributed by atoms with Crippen molar-refractivity contribution in [2.75, 3.05) is 6.61 Å². The maximum Gasteiger partial charge on any atom is 0.334 e. The molecule has 7 heteroatoms. The number of Topliss-reactive ketones (excluding diaryl/α,β-unsaturated/α-hetero) is 1. The Kier molecular flexibility index (Phi) is 7.32. The average molecular weight is 404 g/mol. The molecule has 7 nitrogen and oxygen atoms in total. The lowest BCUT2D eigenvalue weighted by atomic mass is 9.75. The molecule has 0 aromatic carbocycles. The van der Waals surface area contributed by atoms with Gasteiger partial charge in [0.2, 0.25) is 0 Å². The Morgan fingerprint density at radius 1 is 1.28 bits per heavy atom. The van der Waals surface area contributed by atoms with Crippen molar-refractivity contribution in [3.63, 3.8) is 0 Å². The summed E-state index contributed by atoms with van der Waals surface area (Å²) in [7, 11) is 0. The molecule has 0 spiro atoms. The van der Waals surface area contributed by atoms with Crippen LogP contribution >= 0.6 is 0 Å². The molecule has 0 aromatic heterocycles. The van der Waals surface area contributed by atoms with Gasteiger partial charge in [0, 0.05) is 24.3 Å². The maximum absolute atomic E-state index is 13.2. The van der Waals surface area contributed by atoms with Gasteiger partial charge in [-0.3, -0.25) is 9.59 Å². The summed E-state index contributed by atoms with van der Waals surface area (Å²) >= 11 is 0. The van der Waals surface area contributed by atoms with Crippen LogP contribution in [0, 0.1) is 11.8 Å². The second kappa shape index (κ2) is 9.33. The predicted octanol–water partition coefficient (Wildman–Crippen LogP) is 1.80. The molecule has 0 amide bonds. The Balaban J connectivity index is 2.45. The van der Waals surface area contributed by atoms with Gasteiger partial charge in [-0.25, -0.2) is 4.79 Å². The molecule has 0 saturated carbocycles. The van der Waals surface area contributed by atoms with E-state index in [2.05, 4.69) is 6.58 Å². The Hall–Kier alpha value is -2.51. The van der Waals surface area contributed by atoms with E-state index in [1.165, 1.54) is 19.1 Å². The Morgan fingerprint density at radius 3 is 2.55 bits per heavy atom. The van der Waals surface area contributed by atoms with Gasteiger partial charge in [0.1, 0.15) is 24.9 Å². The van der Waals surface area contributed by atoms with Crippen LogP contribution in [0.4, 0.5) is 0 Å². The van der Waals surface area contributed by atoms with Gasteiger partial charge in [-0.15, -0.1) is 0 Å². The highest BCUT2D eigenvalue weighted by atomic mass is 16.6. The van der Waals surface area contributed by atoms with E-state index >= 15 is 0 Å². The van der Waals surface area contributed by atoms with Gasteiger partial charge in [-0.1, -0.05) is 18.2 Å². The predicted molar refractivity (Wildman–Crippen MR) is 106 cm³/mol. The first-order valence-electron chi connectivity index (χ1n) is 9.48. The van der Waals surface area contributed by atoms with E-state index in [0.717, 1.165) is 0 Å². The molecule has 2 N–H and O–H groups in total. The number of aliphatic hydroxyl groups is 2. The number of fused-ring (bicyclic) bond motifs is 1. The minimum atomic E-state index is -1.14. The van der Waals surface area contributed by atoms with Gasteiger partial charge in [-0.05, 0) is 50.5 Å². The van der Waals surface area contributed by atoms with Crippen LogP contribution in [0.3, 0.4) is 0 Å². The summed E-state index contributed by atoms with van der Waals surface area (Å²) in [6, 6.07) is 0. The van der Waals surface area contributed by atoms with Crippen molar-refractivity contribution < 1.29 is 34.1 Å². The normalized spacial score (nSPS) is 34.3. The molecule has 1 saturated heterocycles. The molecule has 0 aromatic rings. The zero-order valence-electron chi connectivity index (χ0n) is 17.2. The van der Waals surface area contributed by atoms with E-state index in [0.29, 0.717) is 16.7 Å². The summed E-state index contributed by atoms with van der Waals surface area (Å²) in [5.74, 6) is -2.52. The quantitative estimate of drug-likeness (QED) is 0.418. The Morgan fingerprint density at radius 2 is 1.93 bits per heavy atom. The molecule has 2 aliphatic rings. The smallest absolute Gasteiger partial charge is 0.334 e. The third-order valence-corrected chi connectivity index (χ3v) is 5.31. The van der Waals surface area contributed by atoms with Gasteiger partial charge >= 0.3 is 11.9 Å². The van der Waals surface area contributed by atoms with Crippen molar-refractivity contribution in [2.24, 2.45) is 11.8 Å². The minimum Gasteiger partial charge on any atom is -0.462 e. The first-order chi connectivity index (χ1) is 13.5. The van der Waals surface area contributed by atoms with E-state index in [1.54, 1.807) is 26.8 Å². The molecule has 1 aliphatic carbocycles. The molecule has 1 fully saturated rings. The first-order valence-corrected chi connectivity index (χ1v) is 9.48. The molecule has 29 heavy (non-hydrogen) atoms. The highest BCUT2D eigenvalue weighted by molar-refractivity contribution is 5.99. The topological polar surface area (TPSA) is 110 Å². The summed E-state index contributed by atoms with van der Waals surface area (Å²) in [5, 5.41) is 20.5. The second-order valence-electron chi connectivity index (χ2n) is 7.64. The number of ketones is 1. The highest BCUT2D eigenvalue weighted by Gasteiger charge is 2.45. The number of hydrogen-bond acceptors (Lipinski definition) is 7. The van der Waals surface area contributed by atoms with Gasteiger partial charge in [-0.2, -0.15) is 0 Å². The molecule has 1 aliphatic heterocycles. The van der Waals surface area contributed by atoms with Crippen LogP contribution in [-0.2, 0) is 23.9 Å². The summed E-state index contributed by atoms with van der Waals surface area (Å²) in [6.45, 7) is 10.1. The monoisotopic (exact) mass is 404 g/mol. The van der Waals surface area contributed by atoms with Crippen LogP contribution in [-0.4, -0.2) is 52.9 Å². The summed E-state index contributed by atoms with van der Waals surface area (Å²) < 4.78 is 10.3. The van der Waals surface area contributed by atoms with Gasteiger partial charge in [0.25, 0.3) is 0 Å². The Labute approximate surface area is 170 Å². The third-order valence-electron chi connectivity index (χ3n) is 5.31. The van der Waals surface area contributed by atoms with Crippen LogP contribution < -0.4 is 0 Å². The number of carbonyl (C=O) groups excluding carboxylic acids is 3. The molecular formula is C22H28O7. The standard InChI is InChI=1S/C22H28O7/c1-11-8-16(20(25)12(2)6-7-28-15(5)23)19-14(4)22(27)29-18(19)10-13(3)21(26)17(24)9-11/h6,9-10,16-19,21,24,26H,4,7-8H2,1-3,5H3/b11-9-,12-6+,13-10-/t16?,17-,18-,19-,21?/m1/s1. The largest absolute Gasteiger partial charge is 0.462 e. The summed E-state index contributed by atoms with van der Waals surface area (Å²) in [4.78, 5) is 36.4. The van der Waals surface area contributed by atoms with Crippen LogP contribution in [0.25, 0.3) is 0 Å². The molecule has 2 rings (SSSR count). The van der Waals surface area contributed by atoms with Gasteiger partial charge in [0.05, 0.1) is 0 Å². The summed E-state index contributed by atoms with van der Waals surface area (Å²) in [6.07, 6.45) is 1.82. The molecule has 0 bridgehead atoms. The number of aliphatic hydroxyl groups excluding tert-OH is 2.